The van der Waals surface area contributed by atoms with E-state index in [4.69, 9.17) is 15.2 Å². The van der Waals surface area contributed by atoms with Crippen molar-refractivity contribution in [1.82, 2.24) is 0 Å². The van der Waals surface area contributed by atoms with E-state index in [9.17, 15) is 0 Å². The number of morpholine rings is 1. The molecule has 0 bridgehead atoms. The van der Waals surface area contributed by atoms with Gasteiger partial charge in [-0.05, 0) is 26.0 Å². The van der Waals surface area contributed by atoms with E-state index in [2.05, 4.69) is 18.7 Å². The predicted molar refractivity (Wildman–Crippen MR) is 69.6 cm³/mol. The highest BCUT2D eigenvalue weighted by Crippen LogP contribution is 2.29. The van der Waals surface area contributed by atoms with E-state index < -0.39 is 0 Å². The Bertz CT molecular complexity index is 385. The quantitative estimate of drug-likeness (QED) is 0.797. The minimum Gasteiger partial charge on any atom is -0.497 e. The van der Waals surface area contributed by atoms with Crippen molar-refractivity contribution in [1.29, 1.82) is 0 Å². The SMILES string of the molecule is COc1ccc(N2C[C@H](C)O[C@@H](C)C2)c(N)c1. The first-order chi connectivity index (χ1) is 8.10. The largest absolute Gasteiger partial charge is 0.497 e. The zero-order valence-electron chi connectivity index (χ0n) is 10.6. The Morgan fingerprint density at radius 2 is 1.94 bits per heavy atom. The molecule has 0 amide bonds. The van der Waals surface area contributed by atoms with Gasteiger partial charge < -0.3 is 20.1 Å². The summed E-state index contributed by atoms with van der Waals surface area (Å²) in [6, 6.07) is 5.82. The first-order valence-corrected chi connectivity index (χ1v) is 5.94. The van der Waals surface area contributed by atoms with E-state index >= 15 is 0 Å². The molecule has 0 aliphatic carbocycles. The number of nitrogens with two attached hydrogens (primary N) is 1. The third kappa shape index (κ3) is 2.64. The van der Waals surface area contributed by atoms with Crippen LogP contribution in [0.2, 0.25) is 0 Å². The lowest BCUT2D eigenvalue weighted by molar-refractivity contribution is -0.00517. The fourth-order valence-electron chi connectivity index (χ4n) is 2.32. The van der Waals surface area contributed by atoms with Crippen LogP contribution in [0, 0.1) is 0 Å². The smallest absolute Gasteiger partial charge is 0.121 e. The van der Waals surface area contributed by atoms with Gasteiger partial charge in [0.1, 0.15) is 5.75 Å². The van der Waals surface area contributed by atoms with Crippen molar-refractivity contribution in [3.63, 3.8) is 0 Å². The minimum absolute atomic E-state index is 0.236. The molecule has 0 radical (unpaired) electrons. The first kappa shape index (κ1) is 12.0. The van der Waals surface area contributed by atoms with Crippen LogP contribution in [0.25, 0.3) is 0 Å². The van der Waals surface area contributed by atoms with Gasteiger partial charge in [-0.15, -0.1) is 0 Å². The van der Waals surface area contributed by atoms with Crippen LogP contribution >= 0.6 is 0 Å². The van der Waals surface area contributed by atoms with Gasteiger partial charge in [0.25, 0.3) is 0 Å². The molecular formula is C13H20N2O2. The predicted octanol–water partition coefficient (Wildman–Crippen LogP) is 1.89. The normalized spacial score (nSPS) is 24.8. The number of hydrogen-bond donors (Lipinski definition) is 1. The summed E-state index contributed by atoms with van der Waals surface area (Å²) in [5, 5.41) is 0. The lowest BCUT2D eigenvalue weighted by atomic mass is 10.1. The van der Waals surface area contributed by atoms with Crippen molar-refractivity contribution < 1.29 is 9.47 Å². The lowest BCUT2D eigenvalue weighted by Crippen LogP contribution is -2.45. The maximum Gasteiger partial charge on any atom is 0.121 e. The molecule has 1 saturated heterocycles. The Balaban J connectivity index is 2.21. The molecule has 0 aromatic heterocycles. The van der Waals surface area contributed by atoms with Crippen LogP contribution in [0.3, 0.4) is 0 Å². The third-order valence-corrected chi connectivity index (χ3v) is 2.99. The van der Waals surface area contributed by atoms with Gasteiger partial charge in [0.05, 0.1) is 30.7 Å². The second-order valence-corrected chi connectivity index (χ2v) is 4.59. The van der Waals surface area contributed by atoms with Crippen LogP contribution in [-0.2, 0) is 4.74 Å². The van der Waals surface area contributed by atoms with Crippen LogP contribution in [0.15, 0.2) is 18.2 Å². The highest BCUT2D eigenvalue weighted by Gasteiger charge is 2.23. The van der Waals surface area contributed by atoms with E-state index in [0.29, 0.717) is 0 Å². The molecule has 0 spiro atoms. The maximum atomic E-state index is 6.06. The molecule has 4 nitrogen and oxygen atoms in total. The standard InChI is InChI=1S/C13H20N2O2/c1-9-7-15(8-10(2)17-9)13-5-4-11(16-3)6-12(13)14/h4-6,9-10H,7-8,14H2,1-3H3/t9-,10-/m0/s1. The van der Waals surface area contributed by atoms with Crippen LogP contribution in [0.5, 0.6) is 5.75 Å². The number of anilines is 2. The number of hydrogen-bond acceptors (Lipinski definition) is 4. The summed E-state index contributed by atoms with van der Waals surface area (Å²) in [4.78, 5) is 2.27. The second-order valence-electron chi connectivity index (χ2n) is 4.59. The fourth-order valence-corrected chi connectivity index (χ4v) is 2.32. The topological polar surface area (TPSA) is 47.7 Å². The molecule has 2 rings (SSSR count). The maximum absolute atomic E-state index is 6.06. The second kappa shape index (κ2) is 4.84. The molecule has 17 heavy (non-hydrogen) atoms. The van der Waals surface area contributed by atoms with E-state index in [1.807, 2.05) is 18.2 Å². The van der Waals surface area contributed by atoms with Crippen molar-refractivity contribution in [2.75, 3.05) is 30.8 Å². The van der Waals surface area contributed by atoms with E-state index in [0.717, 1.165) is 30.2 Å². The average Bonchev–Trinajstić information content (AvgIpc) is 2.27. The fraction of sp³-hybridized carbons (Fsp3) is 0.538. The molecule has 0 saturated carbocycles. The molecule has 1 aromatic carbocycles. The third-order valence-electron chi connectivity index (χ3n) is 2.99. The van der Waals surface area contributed by atoms with Crippen LogP contribution in [0.1, 0.15) is 13.8 Å². The van der Waals surface area contributed by atoms with E-state index in [1.54, 1.807) is 7.11 Å². The number of rotatable bonds is 2. The molecule has 94 valence electrons. The average molecular weight is 236 g/mol. The van der Waals surface area contributed by atoms with Gasteiger partial charge in [0, 0.05) is 19.2 Å². The summed E-state index contributed by atoms with van der Waals surface area (Å²) < 4.78 is 10.9. The van der Waals surface area contributed by atoms with Gasteiger partial charge in [0.15, 0.2) is 0 Å². The Morgan fingerprint density at radius 3 is 2.47 bits per heavy atom. The number of ether oxygens (including phenoxy) is 2. The molecule has 4 heteroatoms. The van der Waals surface area contributed by atoms with Crippen LogP contribution in [-0.4, -0.2) is 32.4 Å². The monoisotopic (exact) mass is 236 g/mol. The van der Waals surface area contributed by atoms with Gasteiger partial charge in [-0.3, -0.25) is 0 Å². The summed E-state index contributed by atoms with van der Waals surface area (Å²) in [5.41, 5.74) is 7.87. The first-order valence-electron chi connectivity index (χ1n) is 5.94. The summed E-state index contributed by atoms with van der Waals surface area (Å²) in [7, 11) is 1.65. The number of benzene rings is 1. The molecular weight excluding hydrogens is 216 g/mol. The van der Waals surface area contributed by atoms with Crippen molar-refractivity contribution in [2.24, 2.45) is 0 Å². The number of nitrogen functional groups attached to an aromatic ring is 1. The molecule has 2 atom stereocenters. The van der Waals surface area contributed by atoms with Gasteiger partial charge >= 0.3 is 0 Å². The molecule has 1 aliphatic heterocycles. The Hall–Kier alpha value is -1.42. The van der Waals surface area contributed by atoms with Crippen molar-refractivity contribution >= 4 is 11.4 Å². The van der Waals surface area contributed by atoms with Gasteiger partial charge in [0.2, 0.25) is 0 Å². The van der Waals surface area contributed by atoms with Crippen LogP contribution in [0.4, 0.5) is 11.4 Å². The molecule has 0 unspecified atom stereocenters. The summed E-state index contributed by atoms with van der Waals surface area (Å²) in [5.74, 6) is 0.792. The van der Waals surface area contributed by atoms with Gasteiger partial charge in [-0.25, -0.2) is 0 Å². The summed E-state index contributed by atoms with van der Waals surface area (Å²) >= 11 is 0. The van der Waals surface area contributed by atoms with Crippen molar-refractivity contribution in [3.8, 4) is 5.75 Å². The van der Waals surface area contributed by atoms with Crippen LogP contribution < -0.4 is 15.4 Å². The molecule has 1 heterocycles. The highest BCUT2D eigenvalue weighted by molar-refractivity contribution is 5.69. The van der Waals surface area contributed by atoms with E-state index in [-0.39, 0.29) is 12.2 Å². The molecule has 1 aliphatic rings. The Labute approximate surface area is 102 Å². The van der Waals surface area contributed by atoms with Gasteiger partial charge in [-0.2, -0.15) is 0 Å². The molecule has 2 N–H and O–H groups in total. The zero-order valence-corrected chi connectivity index (χ0v) is 10.6. The number of nitrogens with zero attached hydrogens (tertiary/aromatic N) is 1. The Kier molecular flexibility index (Phi) is 3.43. The molecule has 1 aromatic rings. The highest BCUT2D eigenvalue weighted by atomic mass is 16.5. The Morgan fingerprint density at radius 1 is 1.29 bits per heavy atom. The summed E-state index contributed by atoms with van der Waals surface area (Å²) in [6.45, 7) is 5.92. The molecule has 1 fully saturated rings. The van der Waals surface area contributed by atoms with Crippen molar-refractivity contribution in [3.05, 3.63) is 18.2 Å². The van der Waals surface area contributed by atoms with Gasteiger partial charge in [-0.1, -0.05) is 0 Å². The summed E-state index contributed by atoms with van der Waals surface area (Å²) in [6.07, 6.45) is 0.473. The van der Waals surface area contributed by atoms with E-state index in [1.165, 1.54) is 0 Å². The van der Waals surface area contributed by atoms with Crippen molar-refractivity contribution in [2.45, 2.75) is 26.1 Å². The zero-order chi connectivity index (χ0) is 12.4. The number of methoxy groups -OCH3 is 1. The lowest BCUT2D eigenvalue weighted by Gasteiger charge is -2.37. The minimum atomic E-state index is 0.236.